The number of carbonyl (C=O) groups is 1. The van der Waals surface area contributed by atoms with Gasteiger partial charge in [0.05, 0.1) is 20.1 Å². The second kappa shape index (κ2) is 32.1. The molecule has 0 spiro atoms. The van der Waals surface area contributed by atoms with Crippen LogP contribution in [-0.4, -0.2) is 42.7 Å². The molecule has 0 aliphatic rings. The van der Waals surface area contributed by atoms with Gasteiger partial charge < -0.3 is 33.2 Å². The summed E-state index contributed by atoms with van der Waals surface area (Å²) >= 11 is 0. The molecule has 0 N–H and O–H groups in total. The average Bonchev–Trinajstić information content (AvgIpc) is 2.92. The number of nitrogens with zero attached hydrogens (tertiary/aromatic N) is 1. The second-order valence-electron chi connectivity index (χ2n) is 15.0. The van der Waals surface area contributed by atoms with Crippen LogP contribution in [0, 0.1) is 0 Å². The fourth-order valence-electron chi connectivity index (χ4n) is 6.33. The van der Waals surface area contributed by atoms with Crippen molar-refractivity contribution >= 4 is 5.97 Å². The van der Waals surface area contributed by atoms with Crippen molar-refractivity contribution < 1.29 is 38.0 Å². The maximum absolute atomic E-state index is 12.7. The lowest BCUT2D eigenvalue weighted by Crippen LogP contribution is -3.00. The van der Waals surface area contributed by atoms with Crippen molar-refractivity contribution in [3.8, 4) is 0 Å². The highest BCUT2D eigenvalue weighted by Gasteiger charge is 2.28. The molecule has 0 aliphatic heterocycles. The van der Waals surface area contributed by atoms with Gasteiger partial charge in [-0.1, -0.05) is 168 Å². The quantitative estimate of drug-likeness (QED) is 0.0299. The monoisotopic (exact) mass is 722 g/mol. The number of likely N-dealkylation sites (N-methyl/N-ethyl adjacent to an activating group) is 1. The predicted molar refractivity (Wildman–Crippen MR) is 187 cm³/mol. The number of ether oxygens (including phenoxy) is 1. The minimum atomic E-state index is -0.397. The van der Waals surface area contributed by atoms with E-state index in [0.29, 0.717) is 6.54 Å². The van der Waals surface area contributed by atoms with E-state index in [9.17, 15) is 4.79 Å². The van der Waals surface area contributed by atoms with Crippen LogP contribution >= 0.6 is 0 Å². The Morgan fingerprint density at radius 3 is 0.930 bits per heavy atom. The number of rotatable bonds is 32. The molecular formula is C39H80INO2. The normalized spacial score (nSPS) is 12.0. The van der Waals surface area contributed by atoms with E-state index in [1.165, 1.54) is 180 Å². The zero-order valence-corrected chi connectivity index (χ0v) is 32.7. The molecule has 0 rings (SSSR count). The second-order valence-corrected chi connectivity index (χ2v) is 15.0. The van der Waals surface area contributed by atoms with Crippen molar-refractivity contribution in [2.75, 3.05) is 26.7 Å². The third-order valence-corrected chi connectivity index (χ3v) is 9.03. The lowest BCUT2D eigenvalue weighted by Gasteiger charge is -2.35. The standard InChI is InChI=1S/C39H80NO2.HI/c1-7-9-11-13-15-17-19-21-23-25-27-29-31-33-35-40(6,37-38(41)42-39(3,4)5)36-34-32-30-28-26-24-22-20-18-16-14-12-10-8-2;/h7-37H2,1-6H3;1H/q+1;/p-1. The van der Waals surface area contributed by atoms with Gasteiger partial charge in [-0.15, -0.1) is 0 Å². The van der Waals surface area contributed by atoms with Gasteiger partial charge in [-0.05, 0) is 46.5 Å². The molecule has 43 heavy (non-hydrogen) atoms. The molecule has 0 heterocycles. The molecule has 3 nitrogen and oxygen atoms in total. The Morgan fingerprint density at radius 2 is 0.698 bits per heavy atom. The van der Waals surface area contributed by atoms with Crippen LogP contribution in [-0.2, 0) is 9.53 Å². The molecule has 0 saturated heterocycles. The van der Waals surface area contributed by atoms with Crippen molar-refractivity contribution in [1.29, 1.82) is 0 Å². The highest BCUT2D eigenvalue weighted by atomic mass is 127. The van der Waals surface area contributed by atoms with E-state index < -0.39 is 5.60 Å². The zero-order valence-electron chi connectivity index (χ0n) is 30.6. The molecule has 0 radical (unpaired) electrons. The predicted octanol–water partition coefficient (Wildman–Crippen LogP) is 9.74. The average molecular weight is 722 g/mol. The van der Waals surface area contributed by atoms with Gasteiger partial charge in [-0.2, -0.15) is 0 Å². The van der Waals surface area contributed by atoms with Crippen LogP contribution in [0.2, 0.25) is 0 Å². The molecule has 0 amide bonds. The van der Waals surface area contributed by atoms with Crippen LogP contribution in [0.3, 0.4) is 0 Å². The maximum atomic E-state index is 12.7. The first-order valence-electron chi connectivity index (χ1n) is 19.3. The number of esters is 1. The van der Waals surface area contributed by atoms with Gasteiger partial charge in [0.25, 0.3) is 0 Å². The Kier molecular flexibility index (Phi) is 33.8. The van der Waals surface area contributed by atoms with Crippen LogP contribution < -0.4 is 24.0 Å². The van der Waals surface area contributed by atoms with E-state index in [1.54, 1.807) is 0 Å². The van der Waals surface area contributed by atoms with E-state index in [-0.39, 0.29) is 29.9 Å². The Balaban J connectivity index is 0. The number of halogens is 1. The summed E-state index contributed by atoms with van der Waals surface area (Å²) in [6.07, 6.45) is 39.0. The number of quaternary nitrogens is 1. The summed E-state index contributed by atoms with van der Waals surface area (Å²) in [5.41, 5.74) is -0.397. The molecule has 0 bridgehead atoms. The van der Waals surface area contributed by atoms with E-state index in [1.807, 2.05) is 20.8 Å². The SMILES string of the molecule is CCCCCCCCCCCCCCCC[N+](C)(CCCCCCCCCCCCCCCC)CC(=O)OC(C)(C)C.[I-]. The molecule has 0 aromatic carbocycles. The summed E-state index contributed by atoms with van der Waals surface area (Å²) in [6.45, 7) is 13.3. The molecular weight excluding hydrogens is 641 g/mol. The maximum Gasteiger partial charge on any atom is 0.362 e. The molecule has 260 valence electrons. The first-order chi connectivity index (χ1) is 20.2. The molecule has 0 atom stereocenters. The van der Waals surface area contributed by atoms with Gasteiger partial charge in [-0.3, -0.25) is 0 Å². The number of hydrogen-bond acceptors (Lipinski definition) is 2. The molecule has 4 heteroatoms. The Morgan fingerprint density at radius 1 is 0.465 bits per heavy atom. The third-order valence-electron chi connectivity index (χ3n) is 9.03. The highest BCUT2D eigenvalue weighted by Crippen LogP contribution is 2.18. The third kappa shape index (κ3) is 34.9. The van der Waals surface area contributed by atoms with Crippen molar-refractivity contribution in [3.05, 3.63) is 0 Å². The lowest BCUT2D eigenvalue weighted by atomic mass is 10.0. The summed E-state index contributed by atoms with van der Waals surface area (Å²) in [4.78, 5) is 12.7. The first-order valence-corrected chi connectivity index (χ1v) is 19.3. The molecule has 0 aromatic rings. The minimum absolute atomic E-state index is 0. The van der Waals surface area contributed by atoms with Gasteiger partial charge >= 0.3 is 5.97 Å². The molecule has 0 aliphatic carbocycles. The van der Waals surface area contributed by atoms with Crippen molar-refractivity contribution in [2.24, 2.45) is 0 Å². The lowest BCUT2D eigenvalue weighted by molar-refractivity contribution is -0.903. The Labute approximate surface area is 289 Å². The van der Waals surface area contributed by atoms with Gasteiger partial charge in [0.15, 0.2) is 6.54 Å². The smallest absolute Gasteiger partial charge is 0.362 e. The fraction of sp³-hybridized carbons (Fsp3) is 0.974. The van der Waals surface area contributed by atoms with Crippen LogP contribution in [0.1, 0.15) is 214 Å². The Hall–Kier alpha value is 0.160. The van der Waals surface area contributed by atoms with E-state index in [2.05, 4.69) is 20.9 Å². The zero-order chi connectivity index (χ0) is 31.2. The first kappa shape index (κ1) is 45.3. The van der Waals surface area contributed by atoms with Gasteiger partial charge in [0, 0.05) is 0 Å². The fourth-order valence-corrected chi connectivity index (χ4v) is 6.33. The van der Waals surface area contributed by atoms with Gasteiger partial charge in [-0.25, -0.2) is 4.79 Å². The van der Waals surface area contributed by atoms with Gasteiger partial charge in [0.1, 0.15) is 5.60 Å². The molecule has 0 saturated carbocycles. The summed E-state index contributed by atoms with van der Waals surface area (Å²) < 4.78 is 6.58. The summed E-state index contributed by atoms with van der Waals surface area (Å²) in [6, 6.07) is 0. The number of unbranched alkanes of at least 4 members (excludes halogenated alkanes) is 26. The van der Waals surface area contributed by atoms with Crippen LogP contribution in [0.4, 0.5) is 0 Å². The van der Waals surface area contributed by atoms with Crippen molar-refractivity contribution in [2.45, 2.75) is 220 Å². The van der Waals surface area contributed by atoms with Crippen LogP contribution in [0.25, 0.3) is 0 Å². The minimum Gasteiger partial charge on any atom is -1.00 e. The summed E-state index contributed by atoms with van der Waals surface area (Å²) in [7, 11) is 2.30. The summed E-state index contributed by atoms with van der Waals surface area (Å²) in [5.74, 6) is -0.0271. The van der Waals surface area contributed by atoms with E-state index in [0.717, 1.165) is 17.6 Å². The van der Waals surface area contributed by atoms with Crippen LogP contribution in [0.5, 0.6) is 0 Å². The topological polar surface area (TPSA) is 26.3 Å². The van der Waals surface area contributed by atoms with Crippen LogP contribution in [0.15, 0.2) is 0 Å². The molecule has 0 aromatic heterocycles. The van der Waals surface area contributed by atoms with Gasteiger partial charge in [0.2, 0.25) is 0 Å². The number of hydrogen-bond donors (Lipinski definition) is 0. The molecule has 0 unspecified atom stereocenters. The van der Waals surface area contributed by atoms with Crippen molar-refractivity contribution in [1.82, 2.24) is 0 Å². The Bertz CT molecular complexity index is 542. The number of carbonyl (C=O) groups excluding carboxylic acids is 1. The summed E-state index contributed by atoms with van der Waals surface area (Å²) in [5, 5.41) is 0. The van der Waals surface area contributed by atoms with Crippen molar-refractivity contribution in [3.63, 3.8) is 0 Å². The highest BCUT2D eigenvalue weighted by molar-refractivity contribution is 5.71. The van der Waals surface area contributed by atoms with E-state index >= 15 is 0 Å². The molecule has 0 fully saturated rings. The largest absolute Gasteiger partial charge is 1.00 e. The van der Waals surface area contributed by atoms with E-state index in [4.69, 9.17) is 4.74 Å².